The van der Waals surface area contributed by atoms with Crippen LogP contribution in [0.4, 0.5) is 0 Å². The molecule has 1 aromatic carbocycles. The SMILES string of the molecule is Cc1nn(C)cc1CN1CCN(C(=O)c2ccn(COc3ccccc3Cl)n2)CC1. The predicted octanol–water partition coefficient (Wildman–Crippen LogP) is 2.57. The van der Waals surface area contributed by atoms with Crippen LogP contribution in [-0.2, 0) is 20.3 Å². The maximum absolute atomic E-state index is 12.8. The van der Waals surface area contributed by atoms with E-state index in [2.05, 4.69) is 21.3 Å². The van der Waals surface area contributed by atoms with Crippen LogP contribution in [-0.4, -0.2) is 61.4 Å². The minimum Gasteiger partial charge on any atom is -0.470 e. The number of nitrogens with zero attached hydrogens (tertiary/aromatic N) is 6. The summed E-state index contributed by atoms with van der Waals surface area (Å²) in [5.74, 6) is 0.534. The van der Waals surface area contributed by atoms with E-state index in [0.29, 0.717) is 29.6 Å². The Hall–Kier alpha value is -2.84. The minimum atomic E-state index is -0.0521. The van der Waals surface area contributed by atoms with E-state index < -0.39 is 0 Å². The standard InChI is InChI=1S/C21H25ClN6O2/c1-16-17(13-25(2)23-16)14-26-9-11-27(12-10-26)21(29)19-7-8-28(24-19)15-30-20-6-4-3-5-18(20)22/h3-8,13H,9-12,14-15H2,1-2H3. The molecule has 0 spiro atoms. The quantitative estimate of drug-likeness (QED) is 0.603. The van der Waals surface area contributed by atoms with E-state index in [1.807, 2.05) is 35.7 Å². The summed E-state index contributed by atoms with van der Waals surface area (Å²) in [7, 11) is 1.94. The van der Waals surface area contributed by atoms with Crippen molar-refractivity contribution in [2.24, 2.45) is 7.05 Å². The lowest BCUT2D eigenvalue weighted by molar-refractivity contribution is 0.0620. The summed E-state index contributed by atoms with van der Waals surface area (Å²) in [6.07, 6.45) is 3.80. The largest absolute Gasteiger partial charge is 0.470 e. The summed E-state index contributed by atoms with van der Waals surface area (Å²) in [5, 5.41) is 9.30. The molecule has 8 nitrogen and oxygen atoms in total. The Kier molecular flexibility index (Phi) is 6.06. The van der Waals surface area contributed by atoms with Crippen LogP contribution < -0.4 is 4.74 Å². The summed E-state index contributed by atoms with van der Waals surface area (Å²) in [5.41, 5.74) is 2.71. The number of aromatic nitrogens is 4. The van der Waals surface area contributed by atoms with Gasteiger partial charge in [-0.1, -0.05) is 23.7 Å². The molecule has 4 rings (SSSR count). The van der Waals surface area contributed by atoms with Crippen LogP contribution in [0.15, 0.2) is 42.7 Å². The average Bonchev–Trinajstić information content (AvgIpc) is 3.33. The van der Waals surface area contributed by atoms with Gasteiger partial charge in [0.05, 0.1) is 10.7 Å². The molecule has 9 heteroatoms. The third-order valence-corrected chi connectivity index (χ3v) is 5.53. The molecule has 0 saturated carbocycles. The number of hydrogen-bond donors (Lipinski definition) is 0. The predicted molar refractivity (Wildman–Crippen MR) is 113 cm³/mol. The molecule has 1 aliphatic heterocycles. The summed E-state index contributed by atoms with van der Waals surface area (Å²) >= 11 is 6.10. The van der Waals surface area contributed by atoms with Gasteiger partial charge in [0.1, 0.15) is 5.75 Å². The second-order valence-corrected chi connectivity index (χ2v) is 7.83. The number of piperazine rings is 1. The molecule has 1 amide bonds. The van der Waals surface area contributed by atoms with Crippen LogP contribution in [0, 0.1) is 6.92 Å². The Bertz CT molecular complexity index is 1020. The van der Waals surface area contributed by atoms with E-state index in [1.54, 1.807) is 29.1 Å². The fourth-order valence-corrected chi connectivity index (χ4v) is 3.75. The summed E-state index contributed by atoms with van der Waals surface area (Å²) in [6.45, 7) is 6.10. The number of rotatable bonds is 6. The van der Waals surface area contributed by atoms with Crippen molar-refractivity contribution in [2.75, 3.05) is 26.2 Å². The van der Waals surface area contributed by atoms with Crippen LogP contribution in [0.1, 0.15) is 21.7 Å². The Morgan fingerprint density at radius 1 is 1.13 bits per heavy atom. The van der Waals surface area contributed by atoms with E-state index >= 15 is 0 Å². The zero-order valence-electron chi connectivity index (χ0n) is 17.2. The first-order chi connectivity index (χ1) is 14.5. The molecule has 0 radical (unpaired) electrons. The number of halogens is 1. The maximum Gasteiger partial charge on any atom is 0.274 e. The van der Waals surface area contributed by atoms with Crippen LogP contribution in [0.5, 0.6) is 5.75 Å². The normalized spacial score (nSPS) is 14.8. The minimum absolute atomic E-state index is 0.0521. The molecular weight excluding hydrogens is 404 g/mol. The molecule has 30 heavy (non-hydrogen) atoms. The van der Waals surface area contributed by atoms with Crippen LogP contribution in [0.3, 0.4) is 0 Å². The highest BCUT2D eigenvalue weighted by Gasteiger charge is 2.24. The fourth-order valence-electron chi connectivity index (χ4n) is 3.56. The number of hydrogen-bond acceptors (Lipinski definition) is 5. The van der Waals surface area contributed by atoms with Gasteiger partial charge in [-0.3, -0.25) is 14.4 Å². The highest BCUT2D eigenvalue weighted by Crippen LogP contribution is 2.23. The molecule has 0 aliphatic carbocycles. The lowest BCUT2D eigenvalue weighted by Gasteiger charge is -2.34. The van der Waals surface area contributed by atoms with Crippen molar-refractivity contribution in [1.82, 2.24) is 29.4 Å². The number of para-hydroxylation sites is 1. The lowest BCUT2D eigenvalue weighted by atomic mass is 10.2. The van der Waals surface area contributed by atoms with Gasteiger partial charge in [0.25, 0.3) is 5.91 Å². The number of aryl methyl sites for hydroxylation is 2. The van der Waals surface area contributed by atoms with Gasteiger partial charge >= 0.3 is 0 Å². The average molecular weight is 429 g/mol. The van der Waals surface area contributed by atoms with Gasteiger partial charge in [-0.05, 0) is 25.1 Å². The lowest BCUT2D eigenvalue weighted by Crippen LogP contribution is -2.48. The van der Waals surface area contributed by atoms with Crippen molar-refractivity contribution < 1.29 is 9.53 Å². The molecule has 0 unspecified atom stereocenters. The third-order valence-electron chi connectivity index (χ3n) is 5.22. The van der Waals surface area contributed by atoms with Crippen molar-refractivity contribution in [2.45, 2.75) is 20.2 Å². The van der Waals surface area contributed by atoms with E-state index in [1.165, 1.54) is 5.56 Å². The van der Waals surface area contributed by atoms with Crippen molar-refractivity contribution in [3.63, 3.8) is 0 Å². The number of benzene rings is 1. The van der Waals surface area contributed by atoms with Crippen molar-refractivity contribution >= 4 is 17.5 Å². The molecule has 0 bridgehead atoms. The smallest absolute Gasteiger partial charge is 0.274 e. The summed E-state index contributed by atoms with van der Waals surface area (Å²) in [4.78, 5) is 17.0. The van der Waals surface area contributed by atoms with Gasteiger partial charge in [0, 0.05) is 57.7 Å². The molecule has 3 heterocycles. The first-order valence-corrected chi connectivity index (χ1v) is 10.3. The van der Waals surface area contributed by atoms with Crippen molar-refractivity contribution in [3.8, 4) is 5.75 Å². The van der Waals surface area contributed by atoms with Gasteiger partial charge in [0.2, 0.25) is 0 Å². The first kappa shape index (κ1) is 20.4. The second-order valence-electron chi connectivity index (χ2n) is 7.43. The summed E-state index contributed by atoms with van der Waals surface area (Å²) < 4.78 is 9.11. The van der Waals surface area contributed by atoms with Crippen LogP contribution >= 0.6 is 11.6 Å². The van der Waals surface area contributed by atoms with Gasteiger partial charge in [0.15, 0.2) is 12.4 Å². The van der Waals surface area contributed by atoms with Crippen LogP contribution in [0.25, 0.3) is 0 Å². The molecule has 0 atom stereocenters. The molecule has 1 saturated heterocycles. The zero-order valence-corrected chi connectivity index (χ0v) is 17.9. The third kappa shape index (κ3) is 4.66. The van der Waals surface area contributed by atoms with E-state index in [-0.39, 0.29) is 12.6 Å². The number of ether oxygens (including phenoxy) is 1. The van der Waals surface area contributed by atoms with E-state index in [0.717, 1.165) is 25.3 Å². The molecular formula is C21H25ClN6O2. The Labute approximate surface area is 180 Å². The highest BCUT2D eigenvalue weighted by atomic mass is 35.5. The Morgan fingerprint density at radius 3 is 2.60 bits per heavy atom. The maximum atomic E-state index is 12.8. The highest BCUT2D eigenvalue weighted by molar-refractivity contribution is 6.32. The van der Waals surface area contributed by atoms with Crippen molar-refractivity contribution in [1.29, 1.82) is 0 Å². The topological polar surface area (TPSA) is 68.4 Å². The fraction of sp³-hybridized carbons (Fsp3) is 0.381. The van der Waals surface area contributed by atoms with Crippen LogP contribution in [0.2, 0.25) is 5.02 Å². The monoisotopic (exact) mass is 428 g/mol. The Morgan fingerprint density at radius 2 is 1.90 bits per heavy atom. The molecule has 3 aromatic rings. The number of carbonyl (C=O) groups excluding carboxylic acids is 1. The van der Waals surface area contributed by atoms with Gasteiger partial charge in [-0.2, -0.15) is 10.2 Å². The molecule has 1 aliphatic rings. The van der Waals surface area contributed by atoms with E-state index in [9.17, 15) is 4.79 Å². The summed E-state index contributed by atoms with van der Waals surface area (Å²) in [6, 6.07) is 8.99. The van der Waals surface area contributed by atoms with Gasteiger partial charge in [-0.25, -0.2) is 4.68 Å². The first-order valence-electron chi connectivity index (χ1n) is 9.91. The molecule has 0 N–H and O–H groups in total. The molecule has 2 aromatic heterocycles. The second kappa shape index (κ2) is 8.89. The van der Waals surface area contributed by atoms with E-state index in [4.69, 9.17) is 16.3 Å². The zero-order chi connectivity index (χ0) is 21.1. The number of carbonyl (C=O) groups is 1. The van der Waals surface area contributed by atoms with Gasteiger partial charge < -0.3 is 9.64 Å². The Balaban J connectivity index is 1.29. The van der Waals surface area contributed by atoms with Crippen molar-refractivity contribution in [3.05, 3.63) is 64.7 Å². The van der Waals surface area contributed by atoms with Gasteiger partial charge in [-0.15, -0.1) is 0 Å². The molecule has 1 fully saturated rings. The molecule has 158 valence electrons. The number of amides is 1.